The lowest BCUT2D eigenvalue weighted by Gasteiger charge is -2.17. The Morgan fingerprint density at radius 1 is 1.22 bits per heavy atom. The molecule has 0 aliphatic carbocycles. The first kappa shape index (κ1) is 15.7. The van der Waals surface area contributed by atoms with Crippen molar-refractivity contribution < 1.29 is 4.74 Å². The van der Waals surface area contributed by atoms with Crippen molar-refractivity contribution in [1.82, 2.24) is 9.97 Å². The monoisotopic (exact) mass is 327 g/mol. The number of thiophene rings is 1. The number of nitrogens with zero attached hydrogens (tertiary/aromatic N) is 2. The fourth-order valence-electron chi connectivity index (χ4n) is 2.38. The lowest BCUT2D eigenvalue weighted by molar-refractivity contribution is 0.218. The molecule has 1 aromatic carbocycles. The summed E-state index contributed by atoms with van der Waals surface area (Å²) in [5.41, 5.74) is 2.16. The minimum Gasteiger partial charge on any atom is -0.489 e. The zero-order valence-corrected chi connectivity index (χ0v) is 14.7. The summed E-state index contributed by atoms with van der Waals surface area (Å²) in [6.45, 7) is 8.42. The maximum absolute atomic E-state index is 6.01. The minimum absolute atomic E-state index is 0.175. The first-order valence-electron chi connectivity index (χ1n) is 7.83. The summed E-state index contributed by atoms with van der Waals surface area (Å²) in [5, 5.41) is 4.52. The fraction of sp³-hybridized carbons (Fsp3) is 0.333. The van der Waals surface area contributed by atoms with E-state index in [2.05, 4.69) is 43.0 Å². The summed E-state index contributed by atoms with van der Waals surface area (Å²) in [5.74, 6) is 1.68. The number of aromatic nitrogens is 2. The highest BCUT2D eigenvalue weighted by atomic mass is 32.1. The van der Waals surface area contributed by atoms with E-state index in [1.165, 1.54) is 10.4 Å². The molecule has 1 atom stereocenters. The average Bonchev–Trinajstić information content (AvgIpc) is 2.85. The van der Waals surface area contributed by atoms with Crippen LogP contribution in [0, 0.1) is 13.8 Å². The SMILES string of the molecule is CCC(C)Oc1ccccc1Nc1ncnc2sc(C)c(C)c12. The molecule has 2 aromatic heterocycles. The van der Waals surface area contributed by atoms with Crippen molar-refractivity contribution in [2.75, 3.05) is 5.32 Å². The predicted octanol–water partition coefficient (Wildman–Crippen LogP) is 5.23. The zero-order chi connectivity index (χ0) is 16.4. The second-order valence-corrected chi connectivity index (χ2v) is 6.85. The number of rotatable bonds is 5. The Morgan fingerprint density at radius 3 is 2.78 bits per heavy atom. The first-order valence-corrected chi connectivity index (χ1v) is 8.65. The molecule has 0 fully saturated rings. The van der Waals surface area contributed by atoms with Gasteiger partial charge >= 0.3 is 0 Å². The lowest BCUT2D eigenvalue weighted by atomic mass is 10.2. The molecule has 0 spiro atoms. The second-order valence-electron chi connectivity index (χ2n) is 5.64. The summed E-state index contributed by atoms with van der Waals surface area (Å²) < 4.78 is 6.01. The minimum atomic E-state index is 0.175. The number of benzene rings is 1. The Morgan fingerprint density at radius 2 is 2.00 bits per heavy atom. The van der Waals surface area contributed by atoms with Crippen LogP contribution in [-0.2, 0) is 0 Å². The molecular weight excluding hydrogens is 306 g/mol. The van der Waals surface area contributed by atoms with Crippen molar-refractivity contribution in [3.63, 3.8) is 0 Å². The van der Waals surface area contributed by atoms with E-state index in [0.29, 0.717) is 0 Å². The van der Waals surface area contributed by atoms with Gasteiger partial charge in [0.2, 0.25) is 0 Å². The summed E-state index contributed by atoms with van der Waals surface area (Å²) in [6, 6.07) is 7.98. The van der Waals surface area contributed by atoms with Crippen molar-refractivity contribution in [2.45, 2.75) is 40.2 Å². The Hall–Kier alpha value is -2.14. The van der Waals surface area contributed by atoms with Crippen LogP contribution in [0.15, 0.2) is 30.6 Å². The summed E-state index contributed by atoms with van der Waals surface area (Å²) in [6.07, 6.45) is 2.75. The van der Waals surface area contributed by atoms with Crippen LogP contribution < -0.4 is 10.1 Å². The van der Waals surface area contributed by atoms with Gasteiger partial charge < -0.3 is 10.1 Å². The van der Waals surface area contributed by atoms with Crippen LogP contribution in [0.4, 0.5) is 11.5 Å². The van der Waals surface area contributed by atoms with Gasteiger partial charge in [-0.05, 0) is 44.9 Å². The molecule has 1 N–H and O–H groups in total. The van der Waals surface area contributed by atoms with Crippen LogP contribution in [0.1, 0.15) is 30.7 Å². The molecule has 0 radical (unpaired) electrons. The molecule has 3 aromatic rings. The molecule has 0 aliphatic heterocycles. The van der Waals surface area contributed by atoms with Crippen LogP contribution in [0.3, 0.4) is 0 Å². The van der Waals surface area contributed by atoms with Crippen molar-refractivity contribution in [3.05, 3.63) is 41.0 Å². The van der Waals surface area contributed by atoms with Gasteiger partial charge in [0.1, 0.15) is 22.7 Å². The van der Waals surface area contributed by atoms with Gasteiger partial charge in [0, 0.05) is 4.88 Å². The molecule has 2 heterocycles. The van der Waals surface area contributed by atoms with Crippen LogP contribution >= 0.6 is 11.3 Å². The fourth-order valence-corrected chi connectivity index (χ4v) is 3.37. The van der Waals surface area contributed by atoms with Crippen LogP contribution in [0.2, 0.25) is 0 Å². The van der Waals surface area contributed by atoms with Gasteiger partial charge in [-0.1, -0.05) is 19.1 Å². The van der Waals surface area contributed by atoms with Gasteiger partial charge in [-0.15, -0.1) is 11.3 Å². The normalized spacial score (nSPS) is 12.3. The number of anilines is 2. The molecule has 0 aliphatic rings. The maximum atomic E-state index is 6.01. The maximum Gasteiger partial charge on any atom is 0.143 e. The third-order valence-corrected chi connectivity index (χ3v) is 5.12. The highest BCUT2D eigenvalue weighted by molar-refractivity contribution is 7.18. The van der Waals surface area contributed by atoms with E-state index in [4.69, 9.17) is 4.74 Å². The molecule has 1 unspecified atom stereocenters. The molecule has 4 nitrogen and oxygen atoms in total. The van der Waals surface area contributed by atoms with Crippen LogP contribution in [0.25, 0.3) is 10.2 Å². The average molecular weight is 327 g/mol. The summed E-state index contributed by atoms with van der Waals surface area (Å²) >= 11 is 1.70. The predicted molar refractivity (Wildman–Crippen MR) is 97.0 cm³/mol. The van der Waals surface area contributed by atoms with E-state index in [9.17, 15) is 0 Å². The summed E-state index contributed by atoms with van der Waals surface area (Å²) in [4.78, 5) is 11.1. The largest absolute Gasteiger partial charge is 0.489 e. The third-order valence-electron chi connectivity index (χ3n) is 4.01. The van der Waals surface area contributed by atoms with Gasteiger partial charge in [0.25, 0.3) is 0 Å². The van der Waals surface area contributed by atoms with Crippen molar-refractivity contribution in [3.8, 4) is 5.75 Å². The number of hydrogen-bond acceptors (Lipinski definition) is 5. The molecule has 0 saturated carbocycles. The second kappa shape index (κ2) is 6.54. The quantitative estimate of drug-likeness (QED) is 0.697. The molecule has 0 saturated heterocycles. The van der Waals surface area contributed by atoms with Gasteiger partial charge in [-0.2, -0.15) is 0 Å². The number of hydrogen-bond donors (Lipinski definition) is 1. The van der Waals surface area contributed by atoms with Gasteiger partial charge in [0.05, 0.1) is 17.2 Å². The molecule has 0 bridgehead atoms. The van der Waals surface area contributed by atoms with E-state index < -0.39 is 0 Å². The Kier molecular flexibility index (Phi) is 4.48. The van der Waals surface area contributed by atoms with Gasteiger partial charge in [0.15, 0.2) is 0 Å². The topological polar surface area (TPSA) is 47.0 Å². The van der Waals surface area contributed by atoms with Gasteiger partial charge in [-0.25, -0.2) is 9.97 Å². The highest BCUT2D eigenvalue weighted by Crippen LogP contribution is 2.35. The molecule has 5 heteroatoms. The van der Waals surface area contributed by atoms with E-state index >= 15 is 0 Å². The highest BCUT2D eigenvalue weighted by Gasteiger charge is 2.14. The number of fused-ring (bicyclic) bond motifs is 1. The smallest absolute Gasteiger partial charge is 0.143 e. The Bertz CT molecular complexity index is 828. The van der Waals surface area contributed by atoms with E-state index in [-0.39, 0.29) is 6.10 Å². The van der Waals surface area contributed by atoms with Crippen molar-refractivity contribution >= 4 is 33.1 Å². The Labute approximate surface area is 140 Å². The molecular formula is C18H21N3OS. The molecule has 120 valence electrons. The number of para-hydroxylation sites is 2. The third kappa shape index (κ3) is 3.15. The van der Waals surface area contributed by atoms with E-state index in [0.717, 1.165) is 33.9 Å². The van der Waals surface area contributed by atoms with E-state index in [1.807, 2.05) is 24.3 Å². The standard InChI is InChI=1S/C18H21N3OS/c1-5-11(2)22-15-9-7-6-8-14(15)21-17-16-12(3)13(4)23-18(16)20-10-19-17/h6-11H,5H2,1-4H3,(H,19,20,21). The van der Waals surface area contributed by atoms with E-state index in [1.54, 1.807) is 17.7 Å². The zero-order valence-electron chi connectivity index (χ0n) is 13.9. The Balaban J connectivity index is 2.00. The van der Waals surface area contributed by atoms with Gasteiger partial charge in [-0.3, -0.25) is 0 Å². The van der Waals surface area contributed by atoms with Crippen LogP contribution in [-0.4, -0.2) is 16.1 Å². The number of ether oxygens (including phenoxy) is 1. The number of nitrogens with one attached hydrogen (secondary N) is 1. The molecule has 23 heavy (non-hydrogen) atoms. The molecule has 0 amide bonds. The van der Waals surface area contributed by atoms with Crippen LogP contribution in [0.5, 0.6) is 5.75 Å². The van der Waals surface area contributed by atoms with Crippen molar-refractivity contribution in [1.29, 1.82) is 0 Å². The van der Waals surface area contributed by atoms with Crippen molar-refractivity contribution in [2.24, 2.45) is 0 Å². The lowest BCUT2D eigenvalue weighted by Crippen LogP contribution is -2.11. The summed E-state index contributed by atoms with van der Waals surface area (Å²) in [7, 11) is 0. The molecule has 3 rings (SSSR count). The first-order chi connectivity index (χ1) is 11.1. The number of aryl methyl sites for hydroxylation is 2.